The molecule has 1 aliphatic heterocycles. The molecule has 3 amide bonds. The molecule has 1 aromatic rings. The predicted octanol–water partition coefficient (Wildman–Crippen LogP) is 2.83. The molecule has 1 fully saturated rings. The summed E-state index contributed by atoms with van der Waals surface area (Å²) in [4.78, 5) is 24.7. The summed E-state index contributed by atoms with van der Waals surface area (Å²) in [5, 5.41) is 3.29. The van der Waals surface area contributed by atoms with Gasteiger partial charge in [-0.3, -0.25) is 4.79 Å². The molecule has 1 saturated heterocycles. The van der Waals surface area contributed by atoms with Gasteiger partial charge in [0.05, 0.1) is 15.7 Å². The van der Waals surface area contributed by atoms with Gasteiger partial charge in [-0.1, -0.05) is 30.1 Å². The molecule has 0 unspecified atom stereocenters. The molecule has 2 rings (SSSR count). The molecule has 0 bridgehead atoms. The summed E-state index contributed by atoms with van der Waals surface area (Å²) < 4.78 is 0. The number of amides is 3. The second-order valence-corrected chi connectivity index (χ2v) is 4.50. The third-order valence-electron chi connectivity index (χ3n) is 2.59. The molecule has 0 saturated carbocycles. The zero-order valence-corrected chi connectivity index (χ0v) is 10.5. The number of carbonyl (C=O) groups is 2. The van der Waals surface area contributed by atoms with E-state index in [2.05, 4.69) is 5.32 Å². The van der Waals surface area contributed by atoms with E-state index in [1.807, 2.05) is 6.92 Å². The first kappa shape index (κ1) is 12.2. The van der Waals surface area contributed by atoms with Gasteiger partial charge in [-0.2, -0.15) is 0 Å². The first-order chi connectivity index (χ1) is 8.04. The third kappa shape index (κ3) is 2.10. The summed E-state index contributed by atoms with van der Waals surface area (Å²) >= 11 is 11.6. The van der Waals surface area contributed by atoms with E-state index in [1.54, 1.807) is 12.1 Å². The number of nitrogens with zero attached hydrogens (tertiary/aromatic N) is 1. The van der Waals surface area contributed by atoms with Crippen molar-refractivity contribution in [2.45, 2.75) is 19.4 Å². The Morgan fingerprint density at radius 2 is 2.00 bits per heavy atom. The molecule has 1 N–H and O–H groups in total. The second-order valence-electron chi connectivity index (χ2n) is 3.68. The van der Waals surface area contributed by atoms with Crippen LogP contribution in [0.4, 0.5) is 10.5 Å². The van der Waals surface area contributed by atoms with Crippen molar-refractivity contribution < 1.29 is 9.59 Å². The minimum absolute atomic E-state index is 0.268. The van der Waals surface area contributed by atoms with Gasteiger partial charge in [-0.15, -0.1) is 0 Å². The van der Waals surface area contributed by atoms with E-state index in [9.17, 15) is 9.59 Å². The van der Waals surface area contributed by atoms with E-state index >= 15 is 0 Å². The van der Waals surface area contributed by atoms with Gasteiger partial charge < -0.3 is 5.32 Å². The number of nitrogens with one attached hydrogen (secondary N) is 1. The zero-order chi connectivity index (χ0) is 12.6. The Morgan fingerprint density at radius 3 is 2.53 bits per heavy atom. The number of imide groups is 1. The summed E-state index contributed by atoms with van der Waals surface area (Å²) in [7, 11) is 0. The van der Waals surface area contributed by atoms with Gasteiger partial charge in [0.15, 0.2) is 0 Å². The van der Waals surface area contributed by atoms with Crippen LogP contribution in [0.3, 0.4) is 0 Å². The van der Waals surface area contributed by atoms with E-state index in [4.69, 9.17) is 23.2 Å². The van der Waals surface area contributed by atoms with Crippen LogP contribution < -0.4 is 10.2 Å². The highest BCUT2D eigenvalue weighted by Crippen LogP contribution is 2.29. The Labute approximate surface area is 108 Å². The van der Waals surface area contributed by atoms with Crippen LogP contribution in [0, 0.1) is 0 Å². The summed E-state index contributed by atoms with van der Waals surface area (Å²) in [5.41, 5.74) is 0.429. The molecular formula is C11H10Cl2N2O2. The van der Waals surface area contributed by atoms with Crippen molar-refractivity contribution in [3.63, 3.8) is 0 Å². The fourth-order valence-corrected chi connectivity index (χ4v) is 1.97. The van der Waals surface area contributed by atoms with Crippen LogP contribution in [0.1, 0.15) is 13.3 Å². The minimum atomic E-state index is -0.461. The van der Waals surface area contributed by atoms with E-state index < -0.39 is 12.1 Å². The molecule has 17 heavy (non-hydrogen) atoms. The van der Waals surface area contributed by atoms with Crippen molar-refractivity contribution >= 4 is 40.8 Å². The van der Waals surface area contributed by atoms with E-state index in [1.165, 1.54) is 6.07 Å². The van der Waals surface area contributed by atoms with Crippen molar-refractivity contribution in [3.8, 4) is 0 Å². The number of benzene rings is 1. The zero-order valence-electron chi connectivity index (χ0n) is 9.04. The normalized spacial score (nSPS) is 19.7. The molecule has 1 aromatic carbocycles. The SMILES string of the molecule is CC[C@H]1NC(=O)N(c2ccc(Cl)c(Cl)c2)C1=O. The fraction of sp³-hybridized carbons (Fsp3) is 0.273. The summed E-state index contributed by atoms with van der Waals surface area (Å²) in [6, 6.07) is 3.75. The van der Waals surface area contributed by atoms with Gasteiger partial charge in [0.25, 0.3) is 5.91 Å². The molecule has 6 heteroatoms. The molecule has 0 radical (unpaired) electrons. The predicted molar refractivity (Wildman–Crippen MR) is 66.6 cm³/mol. The maximum atomic E-state index is 11.9. The van der Waals surface area contributed by atoms with Crippen LogP contribution in [-0.2, 0) is 4.79 Å². The minimum Gasteiger partial charge on any atom is -0.325 e. The molecule has 0 spiro atoms. The number of rotatable bonds is 2. The number of hydrogen-bond acceptors (Lipinski definition) is 2. The number of halogens is 2. The lowest BCUT2D eigenvalue weighted by molar-refractivity contribution is -0.118. The van der Waals surface area contributed by atoms with Crippen LogP contribution >= 0.6 is 23.2 Å². The first-order valence-corrected chi connectivity index (χ1v) is 5.89. The standard InChI is InChI=1S/C11H10Cl2N2O2/c1-2-9-10(16)15(11(17)14-9)6-3-4-7(12)8(13)5-6/h3-5,9H,2H2,1H3,(H,14,17)/t9-/m1/s1. The van der Waals surface area contributed by atoms with Crippen molar-refractivity contribution in [1.82, 2.24) is 5.32 Å². The molecule has 4 nitrogen and oxygen atoms in total. The van der Waals surface area contributed by atoms with Crippen molar-refractivity contribution in [2.24, 2.45) is 0 Å². The lowest BCUT2D eigenvalue weighted by Crippen LogP contribution is -2.31. The molecule has 0 aliphatic carbocycles. The molecule has 90 valence electrons. The topological polar surface area (TPSA) is 49.4 Å². The number of carbonyl (C=O) groups excluding carboxylic acids is 2. The summed E-state index contributed by atoms with van der Waals surface area (Å²) in [6.45, 7) is 1.83. The first-order valence-electron chi connectivity index (χ1n) is 5.14. The largest absolute Gasteiger partial charge is 0.329 e. The smallest absolute Gasteiger partial charge is 0.325 e. The van der Waals surface area contributed by atoms with E-state index in [0.29, 0.717) is 22.2 Å². The fourth-order valence-electron chi connectivity index (χ4n) is 1.68. The lowest BCUT2D eigenvalue weighted by Gasteiger charge is -2.13. The van der Waals surface area contributed by atoms with Gasteiger partial charge in [0, 0.05) is 0 Å². The van der Waals surface area contributed by atoms with Crippen LogP contribution in [0.5, 0.6) is 0 Å². The molecule has 1 heterocycles. The van der Waals surface area contributed by atoms with Crippen LogP contribution in [0.15, 0.2) is 18.2 Å². The van der Waals surface area contributed by atoms with Gasteiger partial charge in [-0.05, 0) is 24.6 Å². The Morgan fingerprint density at radius 1 is 1.29 bits per heavy atom. The van der Waals surface area contributed by atoms with E-state index in [0.717, 1.165) is 4.90 Å². The second kappa shape index (κ2) is 4.55. The highest BCUT2D eigenvalue weighted by Gasteiger charge is 2.37. The van der Waals surface area contributed by atoms with Gasteiger partial charge >= 0.3 is 6.03 Å². The van der Waals surface area contributed by atoms with Gasteiger partial charge in [0.1, 0.15) is 6.04 Å². The third-order valence-corrected chi connectivity index (χ3v) is 3.33. The Bertz CT molecular complexity index is 490. The quantitative estimate of drug-likeness (QED) is 0.842. The van der Waals surface area contributed by atoms with Crippen molar-refractivity contribution in [2.75, 3.05) is 4.90 Å². The van der Waals surface area contributed by atoms with Crippen LogP contribution in [-0.4, -0.2) is 18.0 Å². The number of urea groups is 1. The molecule has 1 atom stereocenters. The summed E-state index contributed by atoms with van der Waals surface area (Å²) in [6.07, 6.45) is 0.558. The molecule has 1 aliphatic rings. The average molecular weight is 273 g/mol. The Kier molecular flexibility index (Phi) is 3.26. The molecular weight excluding hydrogens is 263 g/mol. The highest BCUT2D eigenvalue weighted by molar-refractivity contribution is 6.42. The van der Waals surface area contributed by atoms with Crippen LogP contribution in [0.25, 0.3) is 0 Å². The Hall–Kier alpha value is -1.26. The maximum absolute atomic E-state index is 11.9. The Balaban J connectivity index is 2.36. The number of anilines is 1. The monoisotopic (exact) mass is 272 g/mol. The van der Waals surface area contributed by atoms with Crippen LogP contribution in [0.2, 0.25) is 10.0 Å². The average Bonchev–Trinajstić information content (AvgIpc) is 2.58. The maximum Gasteiger partial charge on any atom is 0.329 e. The lowest BCUT2D eigenvalue weighted by atomic mass is 10.2. The highest BCUT2D eigenvalue weighted by atomic mass is 35.5. The molecule has 0 aromatic heterocycles. The van der Waals surface area contributed by atoms with Crippen molar-refractivity contribution in [3.05, 3.63) is 28.2 Å². The number of hydrogen-bond donors (Lipinski definition) is 1. The summed E-state index contributed by atoms with van der Waals surface area (Å²) in [5.74, 6) is -0.268. The van der Waals surface area contributed by atoms with Gasteiger partial charge in [0.2, 0.25) is 0 Å². The van der Waals surface area contributed by atoms with Gasteiger partial charge in [-0.25, -0.2) is 9.69 Å². The van der Waals surface area contributed by atoms with E-state index in [-0.39, 0.29) is 5.91 Å². The van der Waals surface area contributed by atoms with Crippen molar-refractivity contribution in [1.29, 1.82) is 0 Å².